The molecule has 0 bridgehead atoms. The van der Waals surface area contributed by atoms with E-state index in [1.165, 1.54) is 24.3 Å². The van der Waals surface area contributed by atoms with E-state index in [-0.39, 0.29) is 4.75 Å². The lowest BCUT2D eigenvalue weighted by atomic mass is 10.0. The Labute approximate surface area is 96.7 Å². The molecule has 0 amide bonds. The predicted molar refractivity (Wildman–Crippen MR) is 67.4 cm³/mol. The van der Waals surface area contributed by atoms with Crippen molar-refractivity contribution in [1.29, 1.82) is 0 Å². The molecular formula is C13H19NS. The van der Waals surface area contributed by atoms with E-state index in [1.54, 1.807) is 0 Å². The number of hydrogen-bond donors (Lipinski definition) is 1. The van der Waals surface area contributed by atoms with Gasteiger partial charge in [0.1, 0.15) is 0 Å². The van der Waals surface area contributed by atoms with E-state index in [1.807, 2.05) is 11.8 Å². The molecule has 1 nitrogen and oxygen atoms in total. The summed E-state index contributed by atoms with van der Waals surface area (Å²) in [5, 5.41) is 3.60. The Bertz CT molecular complexity index is 302. The topological polar surface area (TPSA) is 12.0 Å². The summed E-state index contributed by atoms with van der Waals surface area (Å²) >= 11 is 1.98. The molecule has 15 heavy (non-hydrogen) atoms. The van der Waals surface area contributed by atoms with Gasteiger partial charge >= 0.3 is 0 Å². The van der Waals surface area contributed by atoms with Gasteiger partial charge in [-0.2, -0.15) is 0 Å². The molecule has 1 fully saturated rings. The molecular weight excluding hydrogens is 202 g/mol. The van der Waals surface area contributed by atoms with Crippen molar-refractivity contribution in [3.63, 3.8) is 0 Å². The van der Waals surface area contributed by atoms with Gasteiger partial charge in [-0.1, -0.05) is 18.2 Å². The lowest BCUT2D eigenvalue weighted by Gasteiger charge is -2.31. The Morgan fingerprint density at radius 2 is 2.00 bits per heavy atom. The Balaban J connectivity index is 2.03. The molecule has 2 rings (SSSR count). The first-order chi connectivity index (χ1) is 7.18. The molecule has 0 saturated carbocycles. The molecule has 1 aliphatic rings. The molecule has 0 radical (unpaired) electrons. The minimum Gasteiger partial charge on any atom is -0.313 e. The summed E-state index contributed by atoms with van der Waals surface area (Å²) in [7, 11) is 0. The number of thioether (sulfide) groups is 1. The van der Waals surface area contributed by atoms with Crippen LogP contribution in [0, 0.1) is 0 Å². The van der Waals surface area contributed by atoms with Crippen LogP contribution in [0.5, 0.6) is 0 Å². The van der Waals surface area contributed by atoms with Crippen molar-refractivity contribution in [3.8, 4) is 0 Å². The van der Waals surface area contributed by atoms with E-state index in [2.05, 4.69) is 49.5 Å². The molecule has 1 N–H and O–H groups in total. The Morgan fingerprint density at radius 1 is 1.27 bits per heavy atom. The lowest BCUT2D eigenvalue weighted by Crippen LogP contribution is -2.40. The van der Waals surface area contributed by atoms with Gasteiger partial charge in [-0.05, 0) is 45.4 Å². The largest absolute Gasteiger partial charge is 0.313 e. The molecule has 1 atom stereocenters. The standard InChI is InChI=1S/C13H19NS/c1-13(2,12-9-6-10-14-12)15-11-7-4-3-5-8-11/h3-5,7-8,12,14H,6,9-10H2,1-2H3. The Morgan fingerprint density at radius 3 is 2.60 bits per heavy atom. The van der Waals surface area contributed by atoms with Crippen LogP contribution in [0.4, 0.5) is 0 Å². The lowest BCUT2D eigenvalue weighted by molar-refractivity contribution is 0.492. The van der Waals surface area contributed by atoms with Crippen LogP contribution in [-0.4, -0.2) is 17.3 Å². The molecule has 0 aliphatic carbocycles. The van der Waals surface area contributed by atoms with Crippen molar-refractivity contribution in [2.75, 3.05) is 6.54 Å². The summed E-state index contributed by atoms with van der Waals surface area (Å²) in [4.78, 5) is 1.37. The first-order valence-corrected chi connectivity index (χ1v) is 6.47. The van der Waals surface area contributed by atoms with Gasteiger partial charge in [-0.3, -0.25) is 0 Å². The Hall–Kier alpha value is -0.470. The fraction of sp³-hybridized carbons (Fsp3) is 0.538. The summed E-state index contributed by atoms with van der Waals surface area (Å²) < 4.78 is 0.290. The number of rotatable bonds is 3. The minimum atomic E-state index is 0.290. The average Bonchev–Trinajstić information content (AvgIpc) is 2.71. The maximum absolute atomic E-state index is 3.60. The van der Waals surface area contributed by atoms with Crippen LogP contribution in [0.25, 0.3) is 0 Å². The molecule has 1 heterocycles. The predicted octanol–water partition coefficient (Wildman–Crippen LogP) is 3.31. The van der Waals surface area contributed by atoms with Crippen LogP contribution >= 0.6 is 11.8 Å². The summed E-state index contributed by atoms with van der Waals surface area (Å²) in [6.45, 7) is 5.87. The molecule has 0 spiro atoms. The zero-order chi connectivity index (χ0) is 10.7. The van der Waals surface area contributed by atoms with Crippen molar-refractivity contribution in [3.05, 3.63) is 30.3 Å². The molecule has 2 heteroatoms. The van der Waals surface area contributed by atoms with Gasteiger partial charge in [0.2, 0.25) is 0 Å². The zero-order valence-corrected chi connectivity index (χ0v) is 10.3. The van der Waals surface area contributed by atoms with Gasteiger partial charge in [-0.15, -0.1) is 11.8 Å². The third-order valence-electron chi connectivity index (χ3n) is 3.02. The summed E-state index contributed by atoms with van der Waals surface area (Å²) in [6, 6.07) is 11.3. The second kappa shape index (κ2) is 4.58. The molecule has 1 saturated heterocycles. The molecule has 1 aliphatic heterocycles. The number of benzene rings is 1. The maximum Gasteiger partial charge on any atom is 0.0303 e. The third kappa shape index (κ3) is 2.76. The van der Waals surface area contributed by atoms with Gasteiger partial charge in [0.05, 0.1) is 0 Å². The van der Waals surface area contributed by atoms with Gasteiger partial charge in [0, 0.05) is 15.7 Å². The van der Waals surface area contributed by atoms with Crippen molar-refractivity contribution in [2.24, 2.45) is 0 Å². The minimum absolute atomic E-state index is 0.290. The van der Waals surface area contributed by atoms with Crippen molar-refractivity contribution in [1.82, 2.24) is 5.32 Å². The van der Waals surface area contributed by atoms with Crippen LogP contribution in [0.15, 0.2) is 35.2 Å². The van der Waals surface area contributed by atoms with Crippen LogP contribution < -0.4 is 5.32 Å². The highest BCUT2D eigenvalue weighted by molar-refractivity contribution is 8.00. The number of nitrogens with one attached hydrogen (secondary N) is 1. The van der Waals surface area contributed by atoms with Gasteiger partial charge in [0.15, 0.2) is 0 Å². The van der Waals surface area contributed by atoms with E-state index < -0.39 is 0 Å². The summed E-state index contributed by atoms with van der Waals surface area (Å²) in [5.41, 5.74) is 0. The highest BCUT2D eigenvalue weighted by atomic mass is 32.2. The highest BCUT2D eigenvalue weighted by Crippen LogP contribution is 2.37. The molecule has 82 valence electrons. The van der Waals surface area contributed by atoms with E-state index in [0.717, 1.165) is 0 Å². The third-order valence-corrected chi connectivity index (χ3v) is 4.34. The Kier molecular flexibility index (Phi) is 3.37. The van der Waals surface area contributed by atoms with Gasteiger partial charge in [-0.25, -0.2) is 0 Å². The van der Waals surface area contributed by atoms with E-state index in [4.69, 9.17) is 0 Å². The van der Waals surface area contributed by atoms with Crippen LogP contribution in [0.1, 0.15) is 26.7 Å². The SMILES string of the molecule is CC(C)(Sc1ccccc1)C1CCCN1. The second-order valence-electron chi connectivity index (χ2n) is 4.67. The monoisotopic (exact) mass is 221 g/mol. The highest BCUT2D eigenvalue weighted by Gasteiger charge is 2.32. The fourth-order valence-corrected chi connectivity index (χ4v) is 3.39. The normalized spacial score (nSPS) is 21.9. The van der Waals surface area contributed by atoms with Crippen molar-refractivity contribution < 1.29 is 0 Å². The molecule has 1 aromatic carbocycles. The summed E-state index contributed by atoms with van der Waals surface area (Å²) in [5.74, 6) is 0. The van der Waals surface area contributed by atoms with Crippen molar-refractivity contribution >= 4 is 11.8 Å². The fourth-order valence-electron chi connectivity index (χ4n) is 2.14. The van der Waals surface area contributed by atoms with E-state index in [0.29, 0.717) is 6.04 Å². The molecule has 1 aromatic rings. The smallest absolute Gasteiger partial charge is 0.0303 e. The summed E-state index contributed by atoms with van der Waals surface area (Å²) in [6.07, 6.45) is 2.64. The first kappa shape index (κ1) is 11.0. The quantitative estimate of drug-likeness (QED) is 0.786. The molecule has 1 unspecified atom stereocenters. The van der Waals surface area contributed by atoms with Crippen LogP contribution in [-0.2, 0) is 0 Å². The average molecular weight is 221 g/mol. The van der Waals surface area contributed by atoms with E-state index in [9.17, 15) is 0 Å². The van der Waals surface area contributed by atoms with Gasteiger partial charge in [0.25, 0.3) is 0 Å². The van der Waals surface area contributed by atoms with E-state index >= 15 is 0 Å². The first-order valence-electron chi connectivity index (χ1n) is 5.66. The maximum atomic E-state index is 3.60. The van der Waals surface area contributed by atoms with Crippen LogP contribution in [0.3, 0.4) is 0 Å². The van der Waals surface area contributed by atoms with Crippen molar-refractivity contribution in [2.45, 2.75) is 42.4 Å². The number of hydrogen-bond acceptors (Lipinski definition) is 2. The second-order valence-corrected chi connectivity index (χ2v) is 6.40. The van der Waals surface area contributed by atoms with Crippen LogP contribution in [0.2, 0.25) is 0 Å². The zero-order valence-electron chi connectivity index (χ0n) is 9.49. The molecule has 0 aromatic heterocycles. The van der Waals surface area contributed by atoms with Gasteiger partial charge < -0.3 is 5.32 Å².